The summed E-state index contributed by atoms with van der Waals surface area (Å²) in [5, 5.41) is 0. The predicted molar refractivity (Wildman–Crippen MR) is 80.2 cm³/mol. The molecular weight excluding hydrogens is 246 g/mol. The second-order valence-corrected chi connectivity index (χ2v) is 5.34. The number of hydrogen-bond donors (Lipinski definition) is 0. The van der Waals surface area contributed by atoms with Gasteiger partial charge in [0.05, 0.1) is 5.92 Å². The van der Waals surface area contributed by atoms with Crippen LogP contribution in [0, 0.1) is 0 Å². The Kier molecular flexibility index (Phi) is 3.55. The number of amides is 1. The van der Waals surface area contributed by atoms with E-state index in [-0.39, 0.29) is 11.8 Å². The Balaban J connectivity index is 1.89. The first-order valence-corrected chi connectivity index (χ1v) is 7.20. The van der Waals surface area contributed by atoms with E-state index in [1.54, 1.807) is 0 Å². The van der Waals surface area contributed by atoms with Crippen LogP contribution in [0.4, 0.5) is 0 Å². The van der Waals surface area contributed by atoms with E-state index in [0.717, 1.165) is 13.0 Å². The van der Waals surface area contributed by atoms with Gasteiger partial charge in [-0.1, -0.05) is 61.5 Å². The maximum absolute atomic E-state index is 12.6. The van der Waals surface area contributed by atoms with Gasteiger partial charge in [0.25, 0.3) is 0 Å². The minimum absolute atomic E-state index is 0.0173. The zero-order valence-corrected chi connectivity index (χ0v) is 11.8. The summed E-state index contributed by atoms with van der Waals surface area (Å²) in [7, 11) is 0. The van der Waals surface area contributed by atoms with Crippen LogP contribution in [-0.4, -0.2) is 10.8 Å². The second-order valence-electron chi connectivity index (χ2n) is 5.34. The number of carbonyl (C=O) groups excluding carboxylic acids is 1. The fraction of sp³-hybridized carbons (Fsp3) is 0.278. The summed E-state index contributed by atoms with van der Waals surface area (Å²) >= 11 is 0. The van der Waals surface area contributed by atoms with Crippen molar-refractivity contribution in [2.24, 2.45) is 0 Å². The minimum atomic E-state index is 0.0173. The summed E-state index contributed by atoms with van der Waals surface area (Å²) in [6.45, 7) is 3.51. The summed E-state index contributed by atoms with van der Waals surface area (Å²) in [5.41, 5.74) is 3.69. The van der Waals surface area contributed by atoms with Gasteiger partial charge in [0, 0.05) is 13.1 Å². The molecule has 0 spiro atoms. The molecule has 0 aliphatic carbocycles. The summed E-state index contributed by atoms with van der Waals surface area (Å²) in [5.74, 6) is 0.277. The summed E-state index contributed by atoms with van der Waals surface area (Å²) < 4.78 is 0. The van der Waals surface area contributed by atoms with Crippen LogP contribution in [0.25, 0.3) is 0 Å². The Hall–Kier alpha value is -2.09. The van der Waals surface area contributed by atoms with Crippen molar-refractivity contribution in [1.29, 1.82) is 0 Å². The standard InChI is InChI=1S/C18H19NO/c1-2-16-17-11-7-6-10-15(17)13-19(18(16)20)12-14-8-4-3-5-9-14/h3-11,16H,2,12-13H2,1H3. The van der Waals surface area contributed by atoms with E-state index in [9.17, 15) is 4.79 Å². The number of benzene rings is 2. The highest BCUT2D eigenvalue weighted by Crippen LogP contribution is 2.32. The molecule has 1 aliphatic rings. The zero-order chi connectivity index (χ0) is 13.9. The lowest BCUT2D eigenvalue weighted by Gasteiger charge is -2.34. The fourth-order valence-corrected chi connectivity index (χ4v) is 2.99. The van der Waals surface area contributed by atoms with Gasteiger partial charge in [-0.15, -0.1) is 0 Å². The molecule has 2 heteroatoms. The van der Waals surface area contributed by atoms with Crippen LogP contribution in [-0.2, 0) is 17.9 Å². The minimum Gasteiger partial charge on any atom is -0.334 e. The van der Waals surface area contributed by atoms with Crippen molar-refractivity contribution in [3.8, 4) is 0 Å². The van der Waals surface area contributed by atoms with Crippen LogP contribution in [0.1, 0.15) is 36.0 Å². The molecule has 2 nitrogen and oxygen atoms in total. The lowest BCUT2D eigenvalue weighted by molar-refractivity contribution is -0.135. The number of nitrogens with zero attached hydrogens (tertiary/aromatic N) is 1. The number of hydrogen-bond acceptors (Lipinski definition) is 1. The Morgan fingerprint density at radius 2 is 1.75 bits per heavy atom. The predicted octanol–water partition coefficient (Wildman–Crippen LogP) is 3.72. The molecule has 3 rings (SSSR count). The van der Waals surface area contributed by atoms with E-state index in [0.29, 0.717) is 6.54 Å². The maximum Gasteiger partial charge on any atom is 0.230 e. The molecule has 0 fully saturated rings. The van der Waals surface area contributed by atoms with Gasteiger partial charge in [-0.3, -0.25) is 4.79 Å². The van der Waals surface area contributed by atoms with Gasteiger partial charge in [0.2, 0.25) is 5.91 Å². The molecule has 0 bridgehead atoms. The van der Waals surface area contributed by atoms with Gasteiger partial charge < -0.3 is 4.90 Å². The van der Waals surface area contributed by atoms with Gasteiger partial charge in [0.15, 0.2) is 0 Å². The number of fused-ring (bicyclic) bond motifs is 1. The molecule has 0 saturated heterocycles. The van der Waals surface area contributed by atoms with Crippen molar-refractivity contribution in [2.75, 3.05) is 0 Å². The normalized spacial score (nSPS) is 17.9. The van der Waals surface area contributed by atoms with Crippen LogP contribution < -0.4 is 0 Å². The van der Waals surface area contributed by atoms with Crippen molar-refractivity contribution in [3.05, 3.63) is 71.3 Å². The maximum atomic E-state index is 12.6. The van der Waals surface area contributed by atoms with Crippen molar-refractivity contribution in [3.63, 3.8) is 0 Å². The third kappa shape index (κ3) is 2.34. The van der Waals surface area contributed by atoms with Gasteiger partial charge in [-0.25, -0.2) is 0 Å². The van der Waals surface area contributed by atoms with Crippen molar-refractivity contribution < 1.29 is 4.79 Å². The monoisotopic (exact) mass is 265 g/mol. The van der Waals surface area contributed by atoms with Crippen molar-refractivity contribution >= 4 is 5.91 Å². The van der Waals surface area contributed by atoms with E-state index in [2.05, 4.69) is 37.3 Å². The second kappa shape index (κ2) is 5.49. The fourth-order valence-electron chi connectivity index (χ4n) is 2.99. The zero-order valence-electron chi connectivity index (χ0n) is 11.8. The molecule has 1 aliphatic heterocycles. The van der Waals surface area contributed by atoms with Crippen LogP contribution in [0.5, 0.6) is 0 Å². The highest BCUT2D eigenvalue weighted by atomic mass is 16.2. The van der Waals surface area contributed by atoms with Gasteiger partial charge in [-0.05, 0) is 23.1 Å². The first-order valence-electron chi connectivity index (χ1n) is 7.20. The molecule has 1 amide bonds. The number of rotatable bonds is 3. The summed E-state index contributed by atoms with van der Waals surface area (Å²) in [6, 6.07) is 18.5. The summed E-state index contributed by atoms with van der Waals surface area (Å²) in [6.07, 6.45) is 0.862. The highest BCUT2D eigenvalue weighted by Gasteiger charge is 2.31. The Morgan fingerprint density at radius 1 is 1.05 bits per heavy atom. The smallest absolute Gasteiger partial charge is 0.230 e. The van der Waals surface area contributed by atoms with Gasteiger partial charge in [0.1, 0.15) is 0 Å². The molecule has 102 valence electrons. The molecule has 0 N–H and O–H groups in total. The van der Waals surface area contributed by atoms with E-state index >= 15 is 0 Å². The van der Waals surface area contributed by atoms with Crippen molar-refractivity contribution in [2.45, 2.75) is 32.4 Å². The topological polar surface area (TPSA) is 20.3 Å². The average molecular weight is 265 g/mol. The van der Waals surface area contributed by atoms with Crippen LogP contribution >= 0.6 is 0 Å². The number of carbonyl (C=O) groups is 1. The SMILES string of the molecule is CCC1C(=O)N(Cc2ccccc2)Cc2ccccc21. The van der Waals surface area contributed by atoms with Gasteiger partial charge in [-0.2, -0.15) is 0 Å². The molecule has 0 radical (unpaired) electrons. The van der Waals surface area contributed by atoms with E-state index in [4.69, 9.17) is 0 Å². The molecule has 0 aromatic heterocycles. The van der Waals surface area contributed by atoms with E-state index in [1.165, 1.54) is 16.7 Å². The van der Waals surface area contributed by atoms with Crippen molar-refractivity contribution in [1.82, 2.24) is 4.90 Å². The quantitative estimate of drug-likeness (QED) is 0.828. The molecule has 2 aromatic rings. The molecule has 1 atom stereocenters. The molecule has 20 heavy (non-hydrogen) atoms. The Labute approximate surface area is 120 Å². The highest BCUT2D eigenvalue weighted by molar-refractivity contribution is 5.85. The largest absolute Gasteiger partial charge is 0.334 e. The molecule has 1 unspecified atom stereocenters. The average Bonchev–Trinajstić information content (AvgIpc) is 2.49. The lowest BCUT2D eigenvalue weighted by atomic mass is 9.87. The Bertz CT molecular complexity index is 606. The lowest BCUT2D eigenvalue weighted by Crippen LogP contribution is -2.38. The summed E-state index contributed by atoms with van der Waals surface area (Å²) in [4.78, 5) is 14.6. The third-order valence-electron chi connectivity index (χ3n) is 4.03. The third-order valence-corrected chi connectivity index (χ3v) is 4.03. The van der Waals surface area contributed by atoms with Crippen LogP contribution in [0.2, 0.25) is 0 Å². The molecule has 0 saturated carbocycles. The molecule has 2 aromatic carbocycles. The van der Waals surface area contributed by atoms with E-state index < -0.39 is 0 Å². The molecular formula is C18H19NO. The Morgan fingerprint density at radius 3 is 2.50 bits per heavy atom. The van der Waals surface area contributed by atoms with Crippen LogP contribution in [0.3, 0.4) is 0 Å². The van der Waals surface area contributed by atoms with E-state index in [1.807, 2.05) is 29.2 Å². The first-order chi connectivity index (χ1) is 9.79. The van der Waals surface area contributed by atoms with Crippen LogP contribution in [0.15, 0.2) is 54.6 Å². The van der Waals surface area contributed by atoms with Gasteiger partial charge >= 0.3 is 0 Å². The first kappa shape index (κ1) is 12.9. The molecule has 1 heterocycles.